The summed E-state index contributed by atoms with van der Waals surface area (Å²) in [6, 6.07) is 15.8. The molecule has 0 aromatic heterocycles. The zero-order valence-electron chi connectivity index (χ0n) is 14.0. The normalized spacial score (nSPS) is 10.9. The quantitative estimate of drug-likeness (QED) is 0.458. The third kappa shape index (κ3) is 6.15. The number of hydrogen-bond acceptors (Lipinski definition) is 3. The summed E-state index contributed by atoms with van der Waals surface area (Å²) >= 11 is 0. The molecule has 0 unspecified atom stereocenters. The second-order valence-electron chi connectivity index (χ2n) is 5.31. The summed E-state index contributed by atoms with van der Waals surface area (Å²) in [6.45, 7) is 5.63. The lowest BCUT2D eigenvalue weighted by molar-refractivity contribution is 0.306. The first kappa shape index (κ1) is 17.1. The number of aliphatic imine (C=N–C) groups is 1. The largest absolute Gasteiger partial charge is 0.494 e. The molecule has 2 aromatic rings. The number of hydrogen-bond donors (Lipinski definition) is 0. The van der Waals surface area contributed by atoms with Gasteiger partial charge in [-0.05, 0) is 67.4 Å². The molecule has 122 valence electrons. The van der Waals surface area contributed by atoms with Gasteiger partial charge in [-0.15, -0.1) is 0 Å². The summed E-state index contributed by atoms with van der Waals surface area (Å²) in [6.07, 6.45) is 5.38. The van der Waals surface area contributed by atoms with Crippen LogP contribution >= 0.6 is 0 Å². The minimum atomic E-state index is 0.681. The monoisotopic (exact) mass is 311 g/mol. The van der Waals surface area contributed by atoms with Gasteiger partial charge in [-0.1, -0.05) is 19.8 Å². The lowest BCUT2D eigenvalue weighted by Gasteiger charge is -2.05. The van der Waals surface area contributed by atoms with Crippen LogP contribution in [0.15, 0.2) is 53.5 Å². The fourth-order valence-corrected chi connectivity index (χ4v) is 2.14. The molecule has 0 radical (unpaired) electrons. The minimum absolute atomic E-state index is 0.681. The van der Waals surface area contributed by atoms with Crippen molar-refractivity contribution in [1.82, 2.24) is 0 Å². The van der Waals surface area contributed by atoms with E-state index in [9.17, 15) is 0 Å². The van der Waals surface area contributed by atoms with Crippen LogP contribution in [-0.4, -0.2) is 19.4 Å². The number of benzene rings is 2. The second kappa shape index (κ2) is 9.67. The van der Waals surface area contributed by atoms with Gasteiger partial charge in [0.05, 0.1) is 18.9 Å². The van der Waals surface area contributed by atoms with E-state index in [0.29, 0.717) is 6.61 Å². The highest BCUT2D eigenvalue weighted by molar-refractivity contribution is 5.82. The van der Waals surface area contributed by atoms with Gasteiger partial charge in [0.15, 0.2) is 0 Å². The van der Waals surface area contributed by atoms with Crippen molar-refractivity contribution in [2.45, 2.75) is 33.1 Å². The van der Waals surface area contributed by atoms with Crippen molar-refractivity contribution in [3.8, 4) is 11.5 Å². The Labute approximate surface area is 139 Å². The van der Waals surface area contributed by atoms with Crippen molar-refractivity contribution in [3.63, 3.8) is 0 Å². The van der Waals surface area contributed by atoms with Gasteiger partial charge in [-0.2, -0.15) is 0 Å². The third-order valence-corrected chi connectivity index (χ3v) is 3.41. The van der Waals surface area contributed by atoms with E-state index >= 15 is 0 Å². The molecule has 3 nitrogen and oxygen atoms in total. The van der Waals surface area contributed by atoms with Crippen LogP contribution in [0.25, 0.3) is 0 Å². The van der Waals surface area contributed by atoms with Crippen LogP contribution in [0.4, 0.5) is 5.69 Å². The fourth-order valence-electron chi connectivity index (χ4n) is 2.14. The molecule has 0 saturated carbocycles. The van der Waals surface area contributed by atoms with Crippen molar-refractivity contribution in [2.75, 3.05) is 13.2 Å². The first-order valence-corrected chi connectivity index (χ1v) is 8.31. The zero-order valence-corrected chi connectivity index (χ0v) is 14.0. The molecule has 0 saturated heterocycles. The van der Waals surface area contributed by atoms with Crippen molar-refractivity contribution >= 4 is 11.9 Å². The van der Waals surface area contributed by atoms with E-state index in [-0.39, 0.29) is 0 Å². The van der Waals surface area contributed by atoms with E-state index in [4.69, 9.17) is 9.47 Å². The molecule has 0 fully saturated rings. The molecule has 0 spiro atoms. The SMILES string of the molecule is CCCCCOc1ccc(N=Cc2ccc(OCC)cc2)cc1. The van der Waals surface area contributed by atoms with Crippen LogP contribution in [0.5, 0.6) is 11.5 Å². The van der Waals surface area contributed by atoms with E-state index in [0.717, 1.165) is 35.8 Å². The van der Waals surface area contributed by atoms with Crippen LogP contribution in [0.1, 0.15) is 38.7 Å². The summed E-state index contributed by atoms with van der Waals surface area (Å²) in [5, 5.41) is 0. The van der Waals surface area contributed by atoms with Gasteiger partial charge in [-0.3, -0.25) is 4.99 Å². The highest BCUT2D eigenvalue weighted by Gasteiger charge is 1.95. The van der Waals surface area contributed by atoms with Gasteiger partial charge in [0, 0.05) is 6.21 Å². The molecule has 2 aromatic carbocycles. The predicted octanol–water partition coefficient (Wildman–Crippen LogP) is 5.40. The minimum Gasteiger partial charge on any atom is -0.494 e. The topological polar surface area (TPSA) is 30.8 Å². The fraction of sp³-hybridized carbons (Fsp3) is 0.350. The van der Waals surface area contributed by atoms with E-state index in [1.54, 1.807) is 0 Å². The van der Waals surface area contributed by atoms with Crippen molar-refractivity contribution in [1.29, 1.82) is 0 Å². The maximum atomic E-state index is 5.70. The molecule has 0 aliphatic heterocycles. The van der Waals surface area contributed by atoms with E-state index < -0.39 is 0 Å². The lowest BCUT2D eigenvalue weighted by atomic mass is 10.2. The molecule has 0 atom stereocenters. The van der Waals surface area contributed by atoms with Gasteiger partial charge >= 0.3 is 0 Å². The van der Waals surface area contributed by atoms with Crippen LogP contribution in [0, 0.1) is 0 Å². The molecule has 0 N–H and O–H groups in total. The van der Waals surface area contributed by atoms with Crippen molar-refractivity contribution < 1.29 is 9.47 Å². The Kier molecular flexibility index (Phi) is 7.18. The Balaban J connectivity index is 1.87. The van der Waals surface area contributed by atoms with Gasteiger partial charge < -0.3 is 9.47 Å². The summed E-state index contributed by atoms with van der Waals surface area (Å²) in [5.74, 6) is 1.79. The number of rotatable bonds is 9. The van der Waals surface area contributed by atoms with E-state index in [1.165, 1.54) is 12.8 Å². The van der Waals surface area contributed by atoms with Gasteiger partial charge in [0.2, 0.25) is 0 Å². The third-order valence-electron chi connectivity index (χ3n) is 3.41. The van der Waals surface area contributed by atoms with E-state index in [2.05, 4.69) is 11.9 Å². The Morgan fingerprint density at radius 1 is 0.826 bits per heavy atom. The molecule has 0 aliphatic rings. The molecular weight excluding hydrogens is 286 g/mol. The van der Waals surface area contributed by atoms with E-state index in [1.807, 2.05) is 61.7 Å². The predicted molar refractivity (Wildman–Crippen MR) is 96.3 cm³/mol. The number of unbranched alkanes of at least 4 members (excludes halogenated alkanes) is 2. The van der Waals surface area contributed by atoms with Crippen molar-refractivity contribution in [2.24, 2.45) is 4.99 Å². The number of nitrogens with zero attached hydrogens (tertiary/aromatic N) is 1. The molecule has 0 heterocycles. The van der Waals surface area contributed by atoms with Crippen LogP contribution < -0.4 is 9.47 Å². The Morgan fingerprint density at radius 3 is 2.13 bits per heavy atom. The maximum Gasteiger partial charge on any atom is 0.119 e. The van der Waals surface area contributed by atoms with Crippen molar-refractivity contribution in [3.05, 3.63) is 54.1 Å². The Bertz CT molecular complexity index is 588. The first-order chi connectivity index (χ1) is 11.3. The second-order valence-corrected chi connectivity index (χ2v) is 5.31. The molecule has 3 heteroatoms. The highest BCUT2D eigenvalue weighted by atomic mass is 16.5. The lowest BCUT2D eigenvalue weighted by Crippen LogP contribution is -1.96. The molecule has 0 bridgehead atoms. The zero-order chi connectivity index (χ0) is 16.3. The van der Waals surface area contributed by atoms with Gasteiger partial charge in [0.25, 0.3) is 0 Å². The smallest absolute Gasteiger partial charge is 0.119 e. The molecular formula is C20H25NO2. The Morgan fingerprint density at radius 2 is 1.48 bits per heavy atom. The summed E-state index contributed by atoms with van der Waals surface area (Å²) in [4.78, 5) is 4.48. The average Bonchev–Trinajstić information content (AvgIpc) is 2.59. The van der Waals surface area contributed by atoms with Gasteiger partial charge in [-0.25, -0.2) is 0 Å². The number of ether oxygens (including phenoxy) is 2. The summed E-state index contributed by atoms with van der Waals surface area (Å²) in [5.41, 5.74) is 1.97. The molecule has 0 amide bonds. The molecule has 2 rings (SSSR count). The first-order valence-electron chi connectivity index (χ1n) is 8.31. The van der Waals surface area contributed by atoms with Crippen LogP contribution in [0.2, 0.25) is 0 Å². The maximum absolute atomic E-state index is 5.70. The standard InChI is InChI=1S/C20H25NO2/c1-3-5-6-15-23-20-13-9-18(10-14-20)21-16-17-7-11-19(12-8-17)22-4-2/h7-14,16H,3-6,15H2,1-2H3. The van der Waals surface area contributed by atoms with Crippen LogP contribution in [-0.2, 0) is 0 Å². The molecule has 0 aliphatic carbocycles. The highest BCUT2D eigenvalue weighted by Crippen LogP contribution is 2.19. The molecule has 23 heavy (non-hydrogen) atoms. The summed E-state index contributed by atoms with van der Waals surface area (Å²) in [7, 11) is 0. The van der Waals surface area contributed by atoms with Gasteiger partial charge in [0.1, 0.15) is 11.5 Å². The summed E-state index contributed by atoms with van der Waals surface area (Å²) < 4.78 is 11.1. The Hall–Kier alpha value is -2.29. The average molecular weight is 311 g/mol. The van der Waals surface area contributed by atoms with Crippen LogP contribution in [0.3, 0.4) is 0 Å².